The Morgan fingerprint density at radius 2 is 1.96 bits per heavy atom. The van der Waals surface area contributed by atoms with E-state index in [1.165, 1.54) is 0 Å². The fourth-order valence-electron chi connectivity index (χ4n) is 1.89. The van der Waals surface area contributed by atoms with Crippen LogP contribution in [0.15, 0.2) is 47.7 Å². The van der Waals surface area contributed by atoms with E-state index >= 15 is 0 Å². The van der Waals surface area contributed by atoms with E-state index in [9.17, 15) is 0 Å². The highest BCUT2D eigenvalue weighted by Gasteiger charge is 2.01. The molecule has 0 spiro atoms. The molecule has 0 aromatic carbocycles. The summed E-state index contributed by atoms with van der Waals surface area (Å²) in [6.07, 6.45) is 4.56. The average Bonchev–Trinajstić information content (AvgIpc) is 2.62. The Bertz CT molecular complexity index is 604. The summed E-state index contributed by atoms with van der Waals surface area (Å²) in [5.74, 6) is 1.38. The van der Waals surface area contributed by atoms with E-state index in [0.717, 1.165) is 23.6 Å². The molecule has 2 aromatic heterocycles. The highest BCUT2D eigenvalue weighted by Crippen LogP contribution is 2.07. The van der Waals surface area contributed by atoms with Crippen molar-refractivity contribution < 1.29 is 4.74 Å². The fraction of sp³-hybridized carbons (Fsp3) is 0.353. The normalized spacial score (nSPS) is 10.7. The fourth-order valence-corrected chi connectivity index (χ4v) is 1.89. The Kier molecular flexibility index (Phi) is 9.74. The van der Waals surface area contributed by atoms with Crippen LogP contribution in [-0.2, 0) is 13.1 Å². The van der Waals surface area contributed by atoms with Crippen LogP contribution in [-0.4, -0.2) is 29.6 Å². The van der Waals surface area contributed by atoms with Crippen molar-refractivity contribution in [1.82, 2.24) is 20.6 Å². The third-order valence-corrected chi connectivity index (χ3v) is 3.10. The Morgan fingerprint density at radius 3 is 2.58 bits per heavy atom. The van der Waals surface area contributed by atoms with Gasteiger partial charge < -0.3 is 15.4 Å². The summed E-state index contributed by atoms with van der Waals surface area (Å²) >= 11 is 0. The topological polar surface area (TPSA) is 71.4 Å². The van der Waals surface area contributed by atoms with Gasteiger partial charge in [0.25, 0.3) is 0 Å². The molecule has 0 radical (unpaired) electrons. The van der Waals surface area contributed by atoms with Crippen molar-refractivity contribution in [2.45, 2.75) is 26.4 Å². The van der Waals surface area contributed by atoms with Crippen LogP contribution in [0.2, 0.25) is 0 Å². The molecular formula is C17H24IN5O. The van der Waals surface area contributed by atoms with Crippen molar-refractivity contribution in [3.8, 4) is 5.88 Å². The van der Waals surface area contributed by atoms with E-state index in [-0.39, 0.29) is 24.0 Å². The first-order chi connectivity index (χ1) is 11.3. The number of hydrogen-bond donors (Lipinski definition) is 2. The number of halogens is 1. The molecule has 0 bridgehead atoms. The summed E-state index contributed by atoms with van der Waals surface area (Å²) < 4.78 is 5.47. The molecule has 0 saturated carbocycles. The van der Waals surface area contributed by atoms with E-state index in [1.807, 2.05) is 36.5 Å². The van der Waals surface area contributed by atoms with Crippen LogP contribution in [0.25, 0.3) is 0 Å². The van der Waals surface area contributed by atoms with Crippen molar-refractivity contribution in [2.24, 2.45) is 4.99 Å². The smallest absolute Gasteiger partial charge is 0.213 e. The average molecular weight is 441 g/mol. The van der Waals surface area contributed by atoms with Crippen LogP contribution in [0.3, 0.4) is 0 Å². The zero-order valence-electron chi connectivity index (χ0n) is 14.0. The van der Waals surface area contributed by atoms with Crippen molar-refractivity contribution in [2.75, 3.05) is 13.7 Å². The minimum atomic E-state index is 0. The van der Waals surface area contributed by atoms with Gasteiger partial charge in [-0.15, -0.1) is 24.0 Å². The summed E-state index contributed by atoms with van der Waals surface area (Å²) in [6, 6.07) is 9.72. The van der Waals surface area contributed by atoms with Gasteiger partial charge in [0.1, 0.15) is 0 Å². The minimum Gasteiger partial charge on any atom is -0.478 e. The molecule has 24 heavy (non-hydrogen) atoms. The molecule has 0 aliphatic carbocycles. The lowest BCUT2D eigenvalue weighted by atomic mass is 10.3. The summed E-state index contributed by atoms with van der Waals surface area (Å²) in [5.41, 5.74) is 2.03. The Balaban J connectivity index is 0.00000288. The zero-order chi connectivity index (χ0) is 16.3. The molecule has 2 rings (SSSR count). The van der Waals surface area contributed by atoms with Gasteiger partial charge in [-0.3, -0.25) is 9.98 Å². The molecule has 0 aliphatic rings. The van der Waals surface area contributed by atoms with Crippen LogP contribution in [0.4, 0.5) is 0 Å². The molecule has 7 heteroatoms. The van der Waals surface area contributed by atoms with Crippen molar-refractivity contribution in [3.05, 3.63) is 54.0 Å². The number of pyridine rings is 2. The van der Waals surface area contributed by atoms with Crippen LogP contribution in [0.5, 0.6) is 5.88 Å². The predicted molar refractivity (Wildman–Crippen MR) is 107 cm³/mol. The third kappa shape index (κ3) is 7.12. The molecule has 2 heterocycles. The molecule has 6 nitrogen and oxygen atoms in total. The maximum absolute atomic E-state index is 5.47. The number of rotatable bonds is 7. The Morgan fingerprint density at radius 1 is 1.12 bits per heavy atom. The molecule has 0 atom stereocenters. The maximum atomic E-state index is 5.47. The second-order valence-electron chi connectivity index (χ2n) is 4.95. The van der Waals surface area contributed by atoms with Crippen molar-refractivity contribution in [3.63, 3.8) is 0 Å². The molecule has 0 aliphatic heterocycles. The largest absolute Gasteiger partial charge is 0.478 e. The van der Waals surface area contributed by atoms with Gasteiger partial charge in [0.2, 0.25) is 5.88 Å². The highest BCUT2D eigenvalue weighted by molar-refractivity contribution is 14.0. The number of nitrogens with one attached hydrogen (secondary N) is 2. The summed E-state index contributed by atoms with van der Waals surface area (Å²) in [4.78, 5) is 12.7. The lowest BCUT2D eigenvalue weighted by Crippen LogP contribution is -2.36. The number of hydrogen-bond acceptors (Lipinski definition) is 4. The molecule has 2 aromatic rings. The number of guanidine groups is 1. The van der Waals surface area contributed by atoms with E-state index < -0.39 is 0 Å². The third-order valence-electron chi connectivity index (χ3n) is 3.10. The van der Waals surface area contributed by atoms with Crippen LogP contribution in [0, 0.1) is 0 Å². The number of aromatic nitrogens is 2. The number of aliphatic imine (C=N–C) groups is 1. The van der Waals surface area contributed by atoms with Crippen molar-refractivity contribution in [1.29, 1.82) is 0 Å². The minimum absolute atomic E-state index is 0. The van der Waals surface area contributed by atoms with Gasteiger partial charge in [0.05, 0.1) is 18.8 Å². The summed E-state index contributed by atoms with van der Waals surface area (Å²) in [5, 5.41) is 6.48. The summed E-state index contributed by atoms with van der Waals surface area (Å²) in [7, 11) is 1.74. The molecule has 2 N–H and O–H groups in total. The van der Waals surface area contributed by atoms with E-state index in [4.69, 9.17) is 4.74 Å². The second kappa shape index (κ2) is 11.6. The molecule has 130 valence electrons. The molecule has 0 fully saturated rings. The first kappa shape index (κ1) is 20.1. The van der Waals surface area contributed by atoms with Gasteiger partial charge in [-0.05, 0) is 24.1 Å². The monoisotopic (exact) mass is 441 g/mol. The van der Waals surface area contributed by atoms with Crippen LogP contribution in [0.1, 0.15) is 24.6 Å². The SMILES string of the molecule is CCCOc1ccc(CNC(=NC)NCc2ccccn2)cn1.I. The molecule has 0 amide bonds. The highest BCUT2D eigenvalue weighted by atomic mass is 127. The van der Waals surface area contributed by atoms with E-state index in [0.29, 0.717) is 25.6 Å². The lowest BCUT2D eigenvalue weighted by Gasteiger charge is -2.11. The zero-order valence-corrected chi connectivity index (χ0v) is 16.4. The van der Waals surface area contributed by atoms with Gasteiger partial charge in [0.15, 0.2) is 5.96 Å². The standard InChI is InChI=1S/C17H23N5O.HI/c1-3-10-23-16-8-7-14(11-20-16)12-21-17(18-2)22-13-15-6-4-5-9-19-15;/h4-9,11H,3,10,12-13H2,1-2H3,(H2,18,21,22);1H. The molecular weight excluding hydrogens is 417 g/mol. The Hall–Kier alpha value is -1.90. The number of nitrogens with zero attached hydrogens (tertiary/aromatic N) is 3. The lowest BCUT2D eigenvalue weighted by molar-refractivity contribution is 0.305. The van der Waals surface area contributed by atoms with Gasteiger partial charge in [0, 0.05) is 32.1 Å². The maximum Gasteiger partial charge on any atom is 0.213 e. The molecule has 0 unspecified atom stereocenters. The first-order valence-electron chi connectivity index (χ1n) is 7.74. The van der Waals surface area contributed by atoms with E-state index in [1.54, 1.807) is 13.2 Å². The summed E-state index contributed by atoms with van der Waals surface area (Å²) in [6.45, 7) is 4.03. The van der Waals surface area contributed by atoms with Crippen molar-refractivity contribution >= 4 is 29.9 Å². The quantitative estimate of drug-likeness (QED) is 0.393. The van der Waals surface area contributed by atoms with Crippen LogP contribution < -0.4 is 15.4 Å². The van der Waals surface area contributed by atoms with E-state index in [2.05, 4.69) is 32.5 Å². The number of ether oxygens (including phenoxy) is 1. The van der Waals surface area contributed by atoms with Gasteiger partial charge >= 0.3 is 0 Å². The van der Waals surface area contributed by atoms with Crippen LogP contribution >= 0.6 is 24.0 Å². The first-order valence-corrected chi connectivity index (χ1v) is 7.74. The van der Waals surface area contributed by atoms with Gasteiger partial charge in [-0.2, -0.15) is 0 Å². The second-order valence-corrected chi connectivity index (χ2v) is 4.95. The van der Waals surface area contributed by atoms with Gasteiger partial charge in [-0.25, -0.2) is 4.98 Å². The molecule has 0 saturated heterocycles. The predicted octanol–water partition coefficient (Wildman–Crippen LogP) is 2.75. The van der Waals surface area contributed by atoms with Gasteiger partial charge in [-0.1, -0.05) is 19.1 Å². The Labute approximate surface area is 160 Å².